The minimum atomic E-state index is 0.293. The Bertz CT molecular complexity index is 1250. The molecule has 1 amide bonds. The van der Waals surface area contributed by atoms with Gasteiger partial charge in [-0.1, -0.05) is 36.4 Å². The largest absolute Gasteiger partial charge is 0.345 e. The fourth-order valence-electron chi connectivity index (χ4n) is 5.14. The maximum atomic E-state index is 12.7. The van der Waals surface area contributed by atoms with Crippen LogP contribution in [0.4, 0.5) is 0 Å². The number of carbonyl (C=O) groups excluding carboxylic acids is 1. The summed E-state index contributed by atoms with van der Waals surface area (Å²) in [6.45, 7) is 7.03. The van der Waals surface area contributed by atoms with Crippen molar-refractivity contribution in [1.82, 2.24) is 19.7 Å². The van der Waals surface area contributed by atoms with E-state index in [0.717, 1.165) is 50.2 Å². The monoisotopic (exact) mass is 440 g/mol. The Kier molecular flexibility index (Phi) is 6.03. The number of hydrogen-bond acceptors (Lipinski definition) is 2. The molecule has 1 N–H and O–H groups in total. The van der Waals surface area contributed by atoms with Gasteiger partial charge in [0.2, 0.25) is 5.91 Å². The zero-order chi connectivity index (χ0) is 22.8. The molecule has 0 spiro atoms. The topological polar surface area (TPSA) is 53.9 Å². The maximum absolute atomic E-state index is 12.7. The summed E-state index contributed by atoms with van der Waals surface area (Å²) in [5, 5.41) is 8.47. The summed E-state index contributed by atoms with van der Waals surface area (Å²) in [7, 11) is 0. The third-order valence-electron chi connectivity index (χ3n) is 7.13. The van der Waals surface area contributed by atoms with Gasteiger partial charge in [0.25, 0.3) is 0 Å². The van der Waals surface area contributed by atoms with Crippen LogP contribution < -0.4 is 0 Å². The molecule has 0 unspecified atom stereocenters. The number of hydrogen-bond donors (Lipinski definition) is 1. The number of likely N-dealkylation sites (tertiary alicyclic amines) is 1. The van der Waals surface area contributed by atoms with Crippen molar-refractivity contribution in [2.24, 2.45) is 5.92 Å². The molecule has 4 aromatic rings. The lowest BCUT2D eigenvalue weighted by molar-refractivity contribution is -0.132. The lowest BCUT2D eigenvalue weighted by atomic mass is 9.96. The average molecular weight is 441 g/mol. The van der Waals surface area contributed by atoms with Crippen molar-refractivity contribution >= 4 is 16.8 Å². The number of aromatic nitrogens is 3. The summed E-state index contributed by atoms with van der Waals surface area (Å²) in [5.74, 6) is 0.898. The van der Waals surface area contributed by atoms with E-state index in [1.54, 1.807) is 0 Å². The molecular weight excluding hydrogens is 408 g/mol. The van der Waals surface area contributed by atoms with Gasteiger partial charge in [-0.2, -0.15) is 5.10 Å². The number of piperidine rings is 1. The lowest BCUT2D eigenvalue weighted by Crippen LogP contribution is -2.39. The van der Waals surface area contributed by atoms with Gasteiger partial charge >= 0.3 is 0 Å². The Morgan fingerprint density at radius 3 is 2.58 bits per heavy atom. The molecule has 0 atom stereocenters. The predicted molar refractivity (Wildman–Crippen MR) is 133 cm³/mol. The van der Waals surface area contributed by atoms with E-state index in [1.165, 1.54) is 27.7 Å². The van der Waals surface area contributed by atoms with Gasteiger partial charge in [-0.15, -0.1) is 0 Å². The van der Waals surface area contributed by atoms with E-state index in [4.69, 9.17) is 0 Å². The molecule has 0 bridgehead atoms. The molecule has 2 aromatic heterocycles. The van der Waals surface area contributed by atoms with E-state index in [0.29, 0.717) is 18.2 Å². The van der Waals surface area contributed by atoms with Crippen LogP contribution in [0.1, 0.15) is 36.2 Å². The van der Waals surface area contributed by atoms with Crippen molar-refractivity contribution in [3.8, 4) is 11.1 Å². The number of rotatable bonds is 6. The first-order valence-corrected chi connectivity index (χ1v) is 12.0. The van der Waals surface area contributed by atoms with E-state index in [-0.39, 0.29) is 0 Å². The molecule has 5 nitrogen and oxygen atoms in total. The third-order valence-corrected chi connectivity index (χ3v) is 7.13. The first kappa shape index (κ1) is 21.5. The Labute approximate surface area is 195 Å². The van der Waals surface area contributed by atoms with Crippen LogP contribution >= 0.6 is 0 Å². The molecule has 3 heterocycles. The van der Waals surface area contributed by atoms with Crippen LogP contribution in [0.15, 0.2) is 60.8 Å². The van der Waals surface area contributed by atoms with Crippen LogP contribution in [0.5, 0.6) is 0 Å². The van der Waals surface area contributed by atoms with Crippen molar-refractivity contribution < 1.29 is 4.79 Å². The van der Waals surface area contributed by atoms with Gasteiger partial charge in [-0.05, 0) is 68.4 Å². The molecule has 0 radical (unpaired) electrons. The SMILES string of the molecule is Cc1[nH]ncc1-c1ccc2c(c1)cc(C)n2CC1CCN(C(=O)CCc2ccccc2)CC1. The molecule has 170 valence electrons. The van der Waals surface area contributed by atoms with Crippen molar-refractivity contribution in [2.45, 2.75) is 46.1 Å². The highest BCUT2D eigenvalue weighted by Gasteiger charge is 2.23. The first-order chi connectivity index (χ1) is 16.1. The van der Waals surface area contributed by atoms with E-state index < -0.39 is 0 Å². The quantitative estimate of drug-likeness (QED) is 0.429. The van der Waals surface area contributed by atoms with Crippen LogP contribution in [0, 0.1) is 19.8 Å². The zero-order valence-electron chi connectivity index (χ0n) is 19.6. The number of carbonyl (C=O) groups is 1. The molecule has 1 fully saturated rings. The lowest BCUT2D eigenvalue weighted by Gasteiger charge is -2.32. The fraction of sp³-hybridized carbons (Fsp3) is 0.357. The van der Waals surface area contributed by atoms with Gasteiger partial charge in [0.05, 0.1) is 6.20 Å². The normalized spacial score (nSPS) is 14.8. The number of H-pyrrole nitrogens is 1. The standard InChI is InChI=1S/C28H32N4O/c1-20-16-25-17-24(26-18-29-30-21(26)2)9-10-27(25)32(20)19-23-12-14-31(15-13-23)28(33)11-8-22-6-4-3-5-7-22/h3-7,9-10,16-18,23H,8,11-15,19H2,1-2H3,(H,29,30). The number of nitrogens with one attached hydrogen (secondary N) is 1. The van der Waals surface area contributed by atoms with Crippen LogP contribution in [-0.4, -0.2) is 38.7 Å². The Morgan fingerprint density at radius 1 is 1.06 bits per heavy atom. The van der Waals surface area contributed by atoms with Crippen molar-refractivity contribution in [3.63, 3.8) is 0 Å². The van der Waals surface area contributed by atoms with Crippen LogP contribution in [0.2, 0.25) is 0 Å². The van der Waals surface area contributed by atoms with Gasteiger partial charge in [-0.25, -0.2) is 0 Å². The number of aryl methyl sites for hydroxylation is 3. The van der Waals surface area contributed by atoms with Crippen LogP contribution in [0.3, 0.4) is 0 Å². The molecule has 2 aromatic carbocycles. The molecule has 1 aliphatic rings. The second-order valence-electron chi connectivity index (χ2n) is 9.39. The van der Waals surface area contributed by atoms with Crippen molar-refractivity contribution in [1.29, 1.82) is 0 Å². The van der Waals surface area contributed by atoms with Gasteiger partial charge in [0, 0.05) is 53.9 Å². The Balaban J connectivity index is 1.21. The molecule has 0 saturated carbocycles. The number of fused-ring (bicyclic) bond motifs is 1. The highest BCUT2D eigenvalue weighted by atomic mass is 16.2. The summed E-state index contributed by atoms with van der Waals surface area (Å²) < 4.78 is 2.46. The van der Waals surface area contributed by atoms with Crippen molar-refractivity contribution in [3.05, 3.63) is 77.7 Å². The smallest absolute Gasteiger partial charge is 0.222 e. The number of amides is 1. The Hall–Kier alpha value is -3.34. The summed E-state index contributed by atoms with van der Waals surface area (Å²) in [6.07, 6.45) is 5.48. The molecule has 5 rings (SSSR count). The van der Waals surface area contributed by atoms with Gasteiger partial charge in [0.15, 0.2) is 0 Å². The Morgan fingerprint density at radius 2 is 1.85 bits per heavy atom. The van der Waals surface area contributed by atoms with Gasteiger partial charge in [0.1, 0.15) is 0 Å². The second-order valence-corrected chi connectivity index (χ2v) is 9.39. The van der Waals surface area contributed by atoms with Gasteiger partial charge < -0.3 is 9.47 Å². The third kappa shape index (κ3) is 4.58. The highest BCUT2D eigenvalue weighted by Crippen LogP contribution is 2.30. The fourth-order valence-corrected chi connectivity index (χ4v) is 5.14. The highest BCUT2D eigenvalue weighted by molar-refractivity contribution is 5.86. The summed E-state index contributed by atoms with van der Waals surface area (Å²) in [5.41, 5.74) is 7.28. The molecule has 1 aliphatic heterocycles. The zero-order valence-corrected chi connectivity index (χ0v) is 19.6. The summed E-state index contributed by atoms with van der Waals surface area (Å²) >= 11 is 0. The van der Waals surface area contributed by atoms with E-state index in [9.17, 15) is 4.79 Å². The second kappa shape index (κ2) is 9.26. The van der Waals surface area contributed by atoms with Crippen LogP contribution in [0.25, 0.3) is 22.0 Å². The number of aromatic amines is 1. The molecular formula is C28H32N4O. The molecule has 1 saturated heterocycles. The van der Waals surface area contributed by atoms with Gasteiger partial charge in [-0.3, -0.25) is 9.89 Å². The number of benzene rings is 2. The first-order valence-electron chi connectivity index (χ1n) is 12.0. The molecule has 0 aliphatic carbocycles. The average Bonchev–Trinajstić information content (AvgIpc) is 3.40. The minimum absolute atomic E-state index is 0.293. The molecule has 5 heteroatoms. The summed E-state index contributed by atoms with van der Waals surface area (Å²) in [6, 6.07) is 19.3. The van der Waals surface area contributed by atoms with E-state index in [2.05, 4.69) is 69.9 Å². The van der Waals surface area contributed by atoms with E-state index in [1.807, 2.05) is 24.4 Å². The predicted octanol–water partition coefficient (Wildman–Crippen LogP) is 5.52. The molecule has 33 heavy (non-hydrogen) atoms. The van der Waals surface area contributed by atoms with Crippen molar-refractivity contribution in [2.75, 3.05) is 13.1 Å². The number of nitrogens with zero attached hydrogens (tertiary/aromatic N) is 3. The van der Waals surface area contributed by atoms with Crippen LogP contribution in [-0.2, 0) is 17.8 Å². The minimum Gasteiger partial charge on any atom is -0.345 e. The van der Waals surface area contributed by atoms with E-state index >= 15 is 0 Å². The maximum Gasteiger partial charge on any atom is 0.222 e. The summed E-state index contributed by atoms with van der Waals surface area (Å²) in [4.78, 5) is 14.8.